The number of carboxylic acids is 3. The lowest BCUT2D eigenvalue weighted by molar-refractivity contribution is -0.170. The average Bonchev–Trinajstić information content (AvgIpc) is 3.16. The summed E-state index contributed by atoms with van der Waals surface area (Å²) in [4.78, 5) is 48.6. The van der Waals surface area contributed by atoms with Crippen LogP contribution in [0.1, 0.15) is 76.6 Å². The highest BCUT2D eigenvalue weighted by atomic mass is 35.5. The van der Waals surface area contributed by atoms with Gasteiger partial charge < -0.3 is 30.2 Å². The fourth-order valence-electron chi connectivity index (χ4n) is 7.10. The number of hydrogen-bond acceptors (Lipinski definition) is 8. The smallest absolute Gasteiger partial charge is 0.336 e. The number of aliphatic carboxylic acids is 3. The van der Waals surface area contributed by atoms with Gasteiger partial charge in [-0.15, -0.1) is 0 Å². The van der Waals surface area contributed by atoms with Gasteiger partial charge in [-0.3, -0.25) is 18.6 Å². The molecule has 15 heteroatoms. The van der Waals surface area contributed by atoms with Crippen molar-refractivity contribution in [3.63, 3.8) is 0 Å². The third-order valence-corrected chi connectivity index (χ3v) is 11.5. The van der Waals surface area contributed by atoms with Crippen LogP contribution in [0.25, 0.3) is 10.8 Å². The van der Waals surface area contributed by atoms with E-state index in [1.54, 1.807) is 17.2 Å². The number of hydrogen-bond donors (Lipinski definition) is 4. The SMILES string of the molecule is CN(C[C@@H](CCN1CCC(c2ccccc2CS(C)=O)CC1)c1ccc(Cl)c(Cl)c1)C(=O)c1cc(C#N)cc2ccccc12.O=C(O)CC(O)(CC(=O)O)C(=O)O. The van der Waals surface area contributed by atoms with Crippen molar-refractivity contribution in [3.8, 4) is 6.07 Å². The zero-order valence-corrected chi connectivity index (χ0v) is 33.9. The minimum absolute atomic E-state index is 0.0436. The summed E-state index contributed by atoms with van der Waals surface area (Å²) < 4.78 is 11.9. The molecular formula is C42H45Cl2N3O9S. The first kappa shape index (κ1) is 44.9. The number of likely N-dealkylation sites (tertiary alicyclic amines) is 1. The summed E-state index contributed by atoms with van der Waals surface area (Å²) in [6.07, 6.45) is 2.45. The number of rotatable bonds is 15. The van der Waals surface area contributed by atoms with Gasteiger partial charge in [0.25, 0.3) is 5.91 Å². The van der Waals surface area contributed by atoms with Crippen molar-refractivity contribution in [1.82, 2.24) is 9.80 Å². The zero-order valence-electron chi connectivity index (χ0n) is 31.6. The number of nitrogens with zero attached hydrogens (tertiary/aromatic N) is 3. The van der Waals surface area contributed by atoms with Crippen molar-refractivity contribution in [2.45, 2.75) is 55.3 Å². The average molecular weight is 839 g/mol. The Kier molecular flexibility index (Phi) is 16.2. The second-order valence-electron chi connectivity index (χ2n) is 14.2. The van der Waals surface area contributed by atoms with Crippen LogP contribution in [0, 0.1) is 11.3 Å². The Balaban J connectivity index is 0.000000476. The number of halogens is 2. The summed E-state index contributed by atoms with van der Waals surface area (Å²) >= 11 is 12.7. The summed E-state index contributed by atoms with van der Waals surface area (Å²) in [5.41, 5.74) is 1.85. The summed E-state index contributed by atoms with van der Waals surface area (Å²) in [5, 5.41) is 46.1. The summed E-state index contributed by atoms with van der Waals surface area (Å²) in [7, 11) is 0.958. The molecule has 1 heterocycles. The number of carbonyl (C=O) groups excluding carboxylic acids is 1. The molecule has 1 fully saturated rings. The molecule has 0 radical (unpaired) electrons. The third-order valence-electron chi connectivity index (χ3n) is 10.00. The molecule has 57 heavy (non-hydrogen) atoms. The monoisotopic (exact) mass is 837 g/mol. The number of fused-ring (bicyclic) bond motifs is 1. The van der Waals surface area contributed by atoms with Crippen LogP contribution in [0.4, 0.5) is 0 Å². The maximum Gasteiger partial charge on any atom is 0.336 e. The number of piperidine rings is 1. The Morgan fingerprint density at radius 2 is 1.56 bits per heavy atom. The van der Waals surface area contributed by atoms with Crippen molar-refractivity contribution in [2.24, 2.45) is 0 Å². The number of carboxylic acid groups (broad SMARTS) is 3. The van der Waals surface area contributed by atoms with Crippen LogP contribution in [0.3, 0.4) is 0 Å². The molecule has 302 valence electrons. The highest BCUT2D eigenvalue weighted by Gasteiger charge is 2.40. The van der Waals surface area contributed by atoms with Gasteiger partial charge in [0, 0.05) is 47.9 Å². The molecule has 4 N–H and O–H groups in total. The minimum Gasteiger partial charge on any atom is -0.481 e. The maximum atomic E-state index is 13.8. The Morgan fingerprint density at radius 1 is 0.930 bits per heavy atom. The van der Waals surface area contributed by atoms with E-state index in [-0.39, 0.29) is 11.8 Å². The van der Waals surface area contributed by atoms with Gasteiger partial charge in [-0.25, -0.2) is 4.79 Å². The highest BCUT2D eigenvalue weighted by molar-refractivity contribution is 7.83. The molecule has 0 bridgehead atoms. The Labute approximate surface area is 343 Å². The number of amides is 1. The Morgan fingerprint density at radius 3 is 2.16 bits per heavy atom. The van der Waals surface area contributed by atoms with Crippen molar-refractivity contribution in [3.05, 3.63) is 117 Å². The molecule has 12 nitrogen and oxygen atoms in total. The molecule has 1 aliphatic heterocycles. The first-order valence-corrected chi connectivity index (χ1v) is 20.6. The van der Waals surface area contributed by atoms with Crippen LogP contribution in [0.2, 0.25) is 10.0 Å². The lowest BCUT2D eigenvalue weighted by atomic mass is 9.86. The fourth-order valence-corrected chi connectivity index (χ4v) is 8.11. The van der Waals surface area contributed by atoms with Gasteiger partial charge >= 0.3 is 17.9 Å². The Hall–Kier alpha value is -4.84. The van der Waals surface area contributed by atoms with Crippen LogP contribution in [-0.2, 0) is 30.9 Å². The van der Waals surface area contributed by atoms with Gasteiger partial charge in [0.1, 0.15) is 0 Å². The van der Waals surface area contributed by atoms with E-state index < -0.39 is 47.2 Å². The topological polar surface area (TPSA) is 197 Å². The molecule has 0 aliphatic carbocycles. The molecule has 1 unspecified atom stereocenters. The number of nitriles is 1. The van der Waals surface area contributed by atoms with E-state index in [1.807, 2.05) is 61.6 Å². The first-order chi connectivity index (χ1) is 27.0. The molecule has 2 atom stereocenters. The van der Waals surface area contributed by atoms with Gasteiger partial charge in [-0.05, 0) is 96.5 Å². The van der Waals surface area contributed by atoms with Crippen molar-refractivity contribution < 1.29 is 43.8 Å². The van der Waals surface area contributed by atoms with E-state index >= 15 is 0 Å². The molecule has 1 saturated heterocycles. The molecule has 0 saturated carbocycles. The summed E-state index contributed by atoms with van der Waals surface area (Å²) in [5.74, 6) is -4.02. The largest absolute Gasteiger partial charge is 0.481 e. The fraction of sp³-hybridized carbons (Fsp3) is 0.357. The van der Waals surface area contributed by atoms with Crippen molar-refractivity contribution in [1.29, 1.82) is 5.26 Å². The lowest BCUT2D eigenvalue weighted by Crippen LogP contribution is -2.42. The van der Waals surface area contributed by atoms with Gasteiger partial charge in [-0.1, -0.05) is 77.8 Å². The van der Waals surface area contributed by atoms with Crippen LogP contribution >= 0.6 is 23.2 Å². The van der Waals surface area contributed by atoms with Crippen LogP contribution in [-0.4, -0.2) is 103 Å². The van der Waals surface area contributed by atoms with Crippen molar-refractivity contribution >= 4 is 68.6 Å². The molecule has 4 aromatic rings. The van der Waals surface area contributed by atoms with E-state index in [9.17, 15) is 28.6 Å². The third kappa shape index (κ3) is 12.6. The van der Waals surface area contributed by atoms with Gasteiger partial charge in [-0.2, -0.15) is 5.26 Å². The van der Waals surface area contributed by atoms with Crippen molar-refractivity contribution in [2.75, 3.05) is 39.5 Å². The van der Waals surface area contributed by atoms with E-state index in [0.29, 0.717) is 39.4 Å². The van der Waals surface area contributed by atoms with Gasteiger partial charge in [0.05, 0.1) is 34.5 Å². The standard InChI is InChI=1S/C36H37Cl2N3O2S.C6H8O7/c1-40(36(42)33-20-25(22-39)19-28-7-3-6-10-32(28)33)23-29(27-11-12-34(37)35(38)21-27)15-18-41-16-13-26(14-17-41)31-9-5-4-8-30(31)24-44(2)43;7-3(8)1-6(13,5(11)12)2-4(9)10/h3-12,19-21,26,29H,13-18,23-24H2,1-2H3;13H,1-2H2,(H,7,8)(H,9,10)(H,11,12)/t29-,44?;/m1./s1. The predicted molar refractivity (Wildman–Crippen MR) is 219 cm³/mol. The second-order valence-corrected chi connectivity index (χ2v) is 16.5. The van der Waals surface area contributed by atoms with E-state index in [4.69, 9.17) is 43.6 Å². The van der Waals surface area contributed by atoms with E-state index in [2.05, 4.69) is 29.2 Å². The van der Waals surface area contributed by atoms with E-state index in [0.717, 1.165) is 55.2 Å². The molecular weight excluding hydrogens is 793 g/mol. The summed E-state index contributed by atoms with van der Waals surface area (Å²) in [6, 6.07) is 27.6. The molecule has 4 aromatic carbocycles. The quantitative estimate of drug-likeness (QED) is 0.0986. The van der Waals surface area contributed by atoms with Crippen LogP contribution in [0.5, 0.6) is 0 Å². The number of likely N-dealkylation sites (N-methyl/N-ethyl adjacent to an activating group) is 1. The Bertz CT molecular complexity index is 2150. The minimum atomic E-state index is -2.74. The van der Waals surface area contributed by atoms with Gasteiger partial charge in [0.2, 0.25) is 0 Å². The maximum absolute atomic E-state index is 13.8. The summed E-state index contributed by atoms with van der Waals surface area (Å²) in [6.45, 7) is 3.38. The number of benzene rings is 4. The normalized spacial score (nSPS) is 14.5. The van der Waals surface area contributed by atoms with Crippen LogP contribution in [0.15, 0.2) is 78.9 Å². The molecule has 0 spiro atoms. The predicted octanol–water partition coefficient (Wildman–Crippen LogP) is 6.77. The molecule has 1 amide bonds. The highest BCUT2D eigenvalue weighted by Crippen LogP contribution is 2.33. The number of carbonyl (C=O) groups is 4. The number of aliphatic hydroxyl groups is 1. The van der Waals surface area contributed by atoms with E-state index in [1.165, 1.54) is 11.1 Å². The van der Waals surface area contributed by atoms with Crippen LogP contribution < -0.4 is 0 Å². The second kappa shape index (κ2) is 20.5. The lowest BCUT2D eigenvalue weighted by Gasteiger charge is -2.34. The zero-order chi connectivity index (χ0) is 41.9. The van der Waals surface area contributed by atoms with Gasteiger partial charge in [0.15, 0.2) is 5.60 Å². The molecule has 5 rings (SSSR count). The first-order valence-electron chi connectivity index (χ1n) is 18.1. The molecule has 1 aliphatic rings. The molecule has 0 aromatic heterocycles.